The molecule has 0 aromatic heterocycles. The number of aliphatic carboxylic acids is 1. The Labute approximate surface area is 92.6 Å². The fraction of sp³-hybridized carbons (Fsp3) is 0.273. The van der Waals surface area contributed by atoms with Crippen LogP contribution in [0.2, 0.25) is 0 Å². The van der Waals surface area contributed by atoms with Crippen molar-refractivity contribution in [3.8, 4) is 5.75 Å². The van der Waals surface area contributed by atoms with Gasteiger partial charge in [0.15, 0.2) is 6.61 Å². The lowest BCUT2D eigenvalue weighted by molar-refractivity contribution is -0.139. The smallest absolute Gasteiger partial charge is 0.341 e. The molecular weight excluding hydrogens is 212 g/mol. The van der Waals surface area contributed by atoms with Crippen LogP contribution in [-0.4, -0.2) is 30.8 Å². The molecule has 5 nitrogen and oxygen atoms in total. The summed E-state index contributed by atoms with van der Waals surface area (Å²) in [6.07, 6.45) is 0. The van der Waals surface area contributed by atoms with Crippen LogP contribution in [0.4, 0.5) is 0 Å². The molecule has 16 heavy (non-hydrogen) atoms. The highest BCUT2D eigenvalue weighted by Gasteiger charge is 2.08. The summed E-state index contributed by atoms with van der Waals surface area (Å²) in [4.78, 5) is 21.5. The number of carbonyl (C=O) groups excluding carboxylic acids is 1. The Morgan fingerprint density at radius 2 is 2.06 bits per heavy atom. The Kier molecular flexibility index (Phi) is 3.88. The predicted molar refractivity (Wildman–Crippen MR) is 55.6 cm³/mol. The van der Waals surface area contributed by atoms with Gasteiger partial charge in [0.05, 0.1) is 12.7 Å². The minimum atomic E-state index is -1.04. The number of methoxy groups -OCH3 is 1. The molecule has 1 N–H and O–H groups in total. The summed E-state index contributed by atoms with van der Waals surface area (Å²) in [5, 5.41) is 8.45. The Morgan fingerprint density at radius 3 is 2.56 bits per heavy atom. The second-order valence-corrected chi connectivity index (χ2v) is 3.15. The molecule has 5 heteroatoms. The number of carboxylic acid groups (broad SMARTS) is 1. The highest BCUT2D eigenvalue weighted by Crippen LogP contribution is 2.19. The third-order valence-corrected chi connectivity index (χ3v) is 1.95. The summed E-state index contributed by atoms with van der Waals surface area (Å²) in [5.41, 5.74) is 1.09. The van der Waals surface area contributed by atoms with Crippen LogP contribution in [0.3, 0.4) is 0 Å². The zero-order valence-corrected chi connectivity index (χ0v) is 9.02. The van der Waals surface area contributed by atoms with Crippen LogP contribution >= 0.6 is 0 Å². The molecule has 0 unspecified atom stereocenters. The van der Waals surface area contributed by atoms with Gasteiger partial charge in [0.25, 0.3) is 0 Å². The zero-order valence-electron chi connectivity index (χ0n) is 9.02. The van der Waals surface area contributed by atoms with E-state index in [0.717, 1.165) is 0 Å². The molecule has 0 saturated heterocycles. The molecule has 0 atom stereocenters. The topological polar surface area (TPSA) is 72.8 Å². The van der Waals surface area contributed by atoms with Crippen LogP contribution < -0.4 is 4.74 Å². The predicted octanol–water partition coefficient (Wildman–Crippen LogP) is 1.25. The third-order valence-electron chi connectivity index (χ3n) is 1.95. The first-order chi connectivity index (χ1) is 7.54. The van der Waals surface area contributed by atoms with E-state index in [1.165, 1.54) is 13.2 Å². The fourth-order valence-corrected chi connectivity index (χ4v) is 1.20. The average molecular weight is 224 g/mol. The number of carbonyl (C=O) groups is 2. The quantitative estimate of drug-likeness (QED) is 0.779. The number of aryl methyl sites for hydroxylation is 1. The van der Waals surface area contributed by atoms with Gasteiger partial charge in [0.1, 0.15) is 5.75 Å². The molecule has 0 saturated carbocycles. The average Bonchev–Trinajstić information content (AvgIpc) is 2.26. The van der Waals surface area contributed by atoms with E-state index >= 15 is 0 Å². The number of benzene rings is 1. The molecule has 1 rings (SSSR count). The van der Waals surface area contributed by atoms with E-state index in [4.69, 9.17) is 9.84 Å². The molecule has 0 heterocycles. The normalized spacial score (nSPS) is 9.62. The summed E-state index contributed by atoms with van der Waals surface area (Å²) in [6, 6.07) is 4.66. The van der Waals surface area contributed by atoms with E-state index in [0.29, 0.717) is 16.9 Å². The van der Waals surface area contributed by atoms with Crippen molar-refractivity contribution in [3.05, 3.63) is 29.3 Å². The van der Waals surface area contributed by atoms with E-state index in [-0.39, 0.29) is 0 Å². The first-order valence-corrected chi connectivity index (χ1v) is 4.58. The molecule has 0 aliphatic rings. The SMILES string of the molecule is COC(=O)c1ccc(OCC(=O)O)c(C)c1. The van der Waals surface area contributed by atoms with Crippen LogP contribution in [0.15, 0.2) is 18.2 Å². The maximum Gasteiger partial charge on any atom is 0.341 e. The Balaban J connectivity index is 2.83. The van der Waals surface area contributed by atoms with Gasteiger partial charge in [-0.2, -0.15) is 0 Å². The lowest BCUT2D eigenvalue weighted by Crippen LogP contribution is -2.10. The van der Waals surface area contributed by atoms with Crippen LogP contribution in [0.5, 0.6) is 5.75 Å². The summed E-state index contributed by atoms with van der Waals surface area (Å²) in [7, 11) is 1.30. The van der Waals surface area contributed by atoms with Crippen molar-refractivity contribution in [2.24, 2.45) is 0 Å². The van der Waals surface area contributed by atoms with Crippen LogP contribution in [0.25, 0.3) is 0 Å². The molecule has 1 aromatic rings. The monoisotopic (exact) mass is 224 g/mol. The van der Waals surface area contributed by atoms with Gasteiger partial charge in [0.2, 0.25) is 0 Å². The van der Waals surface area contributed by atoms with Crippen molar-refractivity contribution in [2.45, 2.75) is 6.92 Å². The highest BCUT2D eigenvalue weighted by atomic mass is 16.5. The van der Waals surface area contributed by atoms with E-state index in [2.05, 4.69) is 4.74 Å². The van der Waals surface area contributed by atoms with Crippen molar-refractivity contribution >= 4 is 11.9 Å². The summed E-state index contributed by atoms with van der Waals surface area (Å²) in [6.45, 7) is 1.32. The van der Waals surface area contributed by atoms with E-state index < -0.39 is 18.5 Å². The number of hydrogen-bond donors (Lipinski definition) is 1. The van der Waals surface area contributed by atoms with E-state index in [1.807, 2.05) is 0 Å². The van der Waals surface area contributed by atoms with Gasteiger partial charge in [-0.15, -0.1) is 0 Å². The van der Waals surface area contributed by atoms with Gasteiger partial charge in [-0.3, -0.25) is 0 Å². The van der Waals surface area contributed by atoms with Crippen molar-refractivity contribution in [1.29, 1.82) is 0 Å². The van der Waals surface area contributed by atoms with Crippen LogP contribution in [0.1, 0.15) is 15.9 Å². The number of ether oxygens (including phenoxy) is 2. The van der Waals surface area contributed by atoms with Crippen LogP contribution in [0, 0.1) is 6.92 Å². The maximum absolute atomic E-state index is 11.2. The third kappa shape index (κ3) is 2.98. The molecule has 0 radical (unpaired) electrons. The van der Waals surface area contributed by atoms with E-state index in [1.54, 1.807) is 19.1 Å². The zero-order chi connectivity index (χ0) is 12.1. The lowest BCUT2D eigenvalue weighted by Gasteiger charge is -2.07. The van der Waals surface area contributed by atoms with Crippen molar-refractivity contribution in [1.82, 2.24) is 0 Å². The highest BCUT2D eigenvalue weighted by molar-refractivity contribution is 5.89. The molecule has 86 valence electrons. The van der Waals surface area contributed by atoms with Crippen molar-refractivity contribution in [3.63, 3.8) is 0 Å². The molecular formula is C11H12O5. The minimum absolute atomic E-state index is 0.404. The second-order valence-electron chi connectivity index (χ2n) is 3.15. The van der Waals surface area contributed by atoms with Gasteiger partial charge < -0.3 is 14.6 Å². The molecule has 0 fully saturated rings. The molecule has 0 aliphatic heterocycles. The van der Waals surface area contributed by atoms with Gasteiger partial charge in [-0.25, -0.2) is 9.59 Å². The molecule has 0 spiro atoms. The largest absolute Gasteiger partial charge is 0.482 e. The maximum atomic E-state index is 11.2. The van der Waals surface area contributed by atoms with Gasteiger partial charge in [0, 0.05) is 0 Å². The Bertz CT molecular complexity index is 411. The lowest BCUT2D eigenvalue weighted by atomic mass is 10.1. The fourth-order valence-electron chi connectivity index (χ4n) is 1.20. The molecule has 0 bridgehead atoms. The summed E-state index contributed by atoms with van der Waals surface area (Å²) >= 11 is 0. The number of hydrogen-bond acceptors (Lipinski definition) is 4. The Morgan fingerprint density at radius 1 is 1.38 bits per heavy atom. The minimum Gasteiger partial charge on any atom is -0.482 e. The molecule has 1 aromatic carbocycles. The molecule has 0 aliphatic carbocycles. The van der Waals surface area contributed by atoms with E-state index in [9.17, 15) is 9.59 Å². The number of carboxylic acids is 1. The molecule has 0 amide bonds. The standard InChI is InChI=1S/C11H12O5/c1-7-5-8(11(14)15-2)3-4-9(7)16-6-10(12)13/h3-5H,6H2,1-2H3,(H,12,13). The van der Waals surface area contributed by atoms with Crippen molar-refractivity contribution in [2.75, 3.05) is 13.7 Å². The van der Waals surface area contributed by atoms with Gasteiger partial charge in [-0.1, -0.05) is 0 Å². The first-order valence-electron chi connectivity index (χ1n) is 4.58. The second kappa shape index (κ2) is 5.16. The first kappa shape index (κ1) is 12.0. The van der Waals surface area contributed by atoms with Crippen molar-refractivity contribution < 1.29 is 24.2 Å². The number of rotatable bonds is 4. The summed E-state index contributed by atoms with van der Waals surface area (Å²) in [5.74, 6) is -1.04. The summed E-state index contributed by atoms with van der Waals surface area (Å²) < 4.78 is 9.57. The number of esters is 1. The van der Waals surface area contributed by atoms with Gasteiger partial charge >= 0.3 is 11.9 Å². The van der Waals surface area contributed by atoms with Gasteiger partial charge in [-0.05, 0) is 30.7 Å². The Hall–Kier alpha value is -2.04. The van der Waals surface area contributed by atoms with Crippen LogP contribution in [-0.2, 0) is 9.53 Å².